The third-order valence-electron chi connectivity index (χ3n) is 4.85. The number of nitrogens with zero attached hydrogens (tertiary/aromatic N) is 2. The van der Waals surface area contributed by atoms with E-state index in [0.717, 1.165) is 31.2 Å². The zero-order valence-corrected chi connectivity index (χ0v) is 16.9. The number of rotatable bonds is 7. The lowest BCUT2D eigenvalue weighted by Crippen LogP contribution is -2.21. The van der Waals surface area contributed by atoms with E-state index in [9.17, 15) is 21.6 Å². The summed E-state index contributed by atoms with van der Waals surface area (Å²) in [4.78, 5) is 0. The van der Waals surface area contributed by atoms with Crippen molar-refractivity contribution in [3.8, 4) is 11.4 Å². The number of ether oxygens (including phenoxy) is 1. The van der Waals surface area contributed by atoms with Crippen LogP contribution in [0.25, 0.3) is 16.6 Å². The molecule has 0 unspecified atom stereocenters. The largest absolute Gasteiger partial charge is 0.493 e. The molecule has 3 aromatic rings. The SMILES string of the molecule is CS(=O)(=O)NCc1nn(-c2ccc(C(F)(F)F)cc2)c2ccc(OCC3CC3)cc12. The first-order valence-corrected chi connectivity index (χ1v) is 11.3. The molecule has 4 rings (SSSR count). The van der Waals surface area contributed by atoms with Crippen LogP contribution >= 0.6 is 0 Å². The molecule has 160 valence electrons. The molecule has 2 aromatic carbocycles. The van der Waals surface area contributed by atoms with Gasteiger partial charge in [-0.2, -0.15) is 18.3 Å². The topological polar surface area (TPSA) is 73.2 Å². The Bertz CT molecular complexity index is 1170. The van der Waals surface area contributed by atoms with Gasteiger partial charge in [-0.15, -0.1) is 0 Å². The molecule has 30 heavy (non-hydrogen) atoms. The Balaban J connectivity index is 1.72. The molecule has 0 atom stereocenters. The predicted octanol–water partition coefficient (Wildman–Crippen LogP) is 3.88. The van der Waals surface area contributed by atoms with Crippen LogP contribution in [0, 0.1) is 5.92 Å². The van der Waals surface area contributed by atoms with Gasteiger partial charge in [0.25, 0.3) is 0 Å². The molecular formula is C20H20F3N3O3S. The predicted molar refractivity (Wildman–Crippen MR) is 106 cm³/mol. The highest BCUT2D eigenvalue weighted by Gasteiger charge is 2.30. The Kier molecular flexibility index (Phi) is 5.23. The van der Waals surface area contributed by atoms with Gasteiger partial charge in [0, 0.05) is 5.39 Å². The summed E-state index contributed by atoms with van der Waals surface area (Å²) in [6, 6.07) is 9.98. The van der Waals surface area contributed by atoms with E-state index >= 15 is 0 Å². The second-order valence-corrected chi connectivity index (χ2v) is 9.26. The van der Waals surface area contributed by atoms with Gasteiger partial charge in [-0.25, -0.2) is 17.8 Å². The highest BCUT2D eigenvalue weighted by atomic mass is 32.2. The van der Waals surface area contributed by atoms with Crippen LogP contribution in [0.3, 0.4) is 0 Å². The van der Waals surface area contributed by atoms with Crippen molar-refractivity contribution in [1.29, 1.82) is 0 Å². The fourth-order valence-electron chi connectivity index (χ4n) is 3.07. The smallest absolute Gasteiger partial charge is 0.416 e. The fraction of sp³-hybridized carbons (Fsp3) is 0.350. The van der Waals surface area contributed by atoms with Crippen LogP contribution in [-0.2, 0) is 22.7 Å². The van der Waals surface area contributed by atoms with Crippen LogP contribution in [0.2, 0.25) is 0 Å². The molecule has 0 bridgehead atoms. The molecule has 0 radical (unpaired) electrons. The van der Waals surface area contributed by atoms with Crippen molar-refractivity contribution in [2.45, 2.75) is 25.6 Å². The van der Waals surface area contributed by atoms with Crippen molar-refractivity contribution in [2.24, 2.45) is 5.92 Å². The normalized spacial score (nSPS) is 14.9. The van der Waals surface area contributed by atoms with Gasteiger partial charge in [0.05, 0.1) is 41.9 Å². The van der Waals surface area contributed by atoms with Crippen molar-refractivity contribution in [2.75, 3.05) is 12.9 Å². The van der Waals surface area contributed by atoms with Crippen LogP contribution in [-0.4, -0.2) is 31.1 Å². The molecule has 1 aliphatic rings. The first-order chi connectivity index (χ1) is 14.1. The molecule has 0 spiro atoms. The van der Waals surface area contributed by atoms with Crippen molar-refractivity contribution in [3.63, 3.8) is 0 Å². The lowest BCUT2D eigenvalue weighted by Gasteiger charge is -2.09. The average molecular weight is 439 g/mol. The first-order valence-electron chi connectivity index (χ1n) is 9.37. The number of benzene rings is 2. The summed E-state index contributed by atoms with van der Waals surface area (Å²) in [6.45, 7) is 0.574. The standard InChI is InChI=1S/C20H20F3N3O3S/c1-30(27,28)24-11-18-17-10-16(29-12-13-2-3-13)8-9-19(17)26(25-18)15-6-4-14(5-7-15)20(21,22)23/h4-10,13,24H,2-3,11-12H2,1H3. The molecular weight excluding hydrogens is 419 g/mol. The quantitative estimate of drug-likeness (QED) is 0.606. The number of sulfonamides is 1. The zero-order chi connectivity index (χ0) is 21.5. The minimum atomic E-state index is -4.43. The maximum atomic E-state index is 12.9. The second kappa shape index (κ2) is 7.59. The molecule has 0 aliphatic heterocycles. The summed E-state index contributed by atoms with van der Waals surface area (Å²) in [5.74, 6) is 1.21. The third kappa shape index (κ3) is 4.76. The Morgan fingerprint density at radius 3 is 2.47 bits per heavy atom. The number of nitrogens with one attached hydrogen (secondary N) is 1. The summed E-state index contributed by atoms with van der Waals surface area (Å²) in [5, 5.41) is 5.12. The molecule has 6 nitrogen and oxygen atoms in total. The van der Waals surface area contributed by atoms with Crippen molar-refractivity contribution in [3.05, 3.63) is 53.7 Å². The third-order valence-corrected chi connectivity index (χ3v) is 5.52. The zero-order valence-electron chi connectivity index (χ0n) is 16.1. The van der Waals surface area contributed by atoms with Crippen LogP contribution in [0.1, 0.15) is 24.1 Å². The van der Waals surface area contributed by atoms with Crippen LogP contribution in [0.15, 0.2) is 42.5 Å². The second-order valence-electron chi connectivity index (χ2n) is 7.43. The van der Waals surface area contributed by atoms with Gasteiger partial charge < -0.3 is 4.74 Å². The van der Waals surface area contributed by atoms with E-state index in [0.29, 0.717) is 40.6 Å². The Morgan fingerprint density at radius 1 is 1.17 bits per heavy atom. The monoisotopic (exact) mass is 439 g/mol. The van der Waals surface area contributed by atoms with E-state index in [-0.39, 0.29) is 6.54 Å². The molecule has 1 saturated carbocycles. The summed E-state index contributed by atoms with van der Waals surface area (Å²) >= 11 is 0. The molecule has 1 heterocycles. The number of alkyl halides is 3. The number of hydrogen-bond acceptors (Lipinski definition) is 4. The number of fused-ring (bicyclic) bond motifs is 1. The summed E-state index contributed by atoms with van der Waals surface area (Å²) < 4.78 is 71.4. The van der Waals surface area contributed by atoms with Gasteiger partial charge in [-0.1, -0.05) is 0 Å². The van der Waals surface area contributed by atoms with Gasteiger partial charge in [0.1, 0.15) is 5.75 Å². The minimum absolute atomic E-state index is 0.0466. The lowest BCUT2D eigenvalue weighted by atomic mass is 10.2. The van der Waals surface area contributed by atoms with Crippen LogP contribution < -0.4 is 9.46 Å². The lowest BCUT2D eigenvalue weighted by molar-refractivity contribution is -0.137. The molecule has 1 N–H and O–H groups in total. The Hall–Kier alpha value is -2.59. The highest BCUT2D eigenvalue weighted by Crippen LogP contribution is 2.32. The van der Waals surface area contributed by atoms with Gasteiger partial charge in [0.15, 0.2) is 0 Å². The van der Waals surface area contributed by atoms with Gasteiger partial charge in [-0.05, 0) is 61.2 Å². The number of halogens is 3. The molecule has 1 aromatic heterocycles. The molecule has 0 saturated heterocycles. The molecule has 1 fully saturated rings. The van der Waals surface area contributed by atoms with E-state index in [4.69, 9.17) is 4.74 Å². The van der Waals surface area contributed by atoms with Crippen molar-refractivity contribution < 1.29 is 26.3 Å². The molecule has 1 aliphatic carbocycles. The van der Waals surface area contributed by atoms with E-state index in [1.54, 1.807) is 18.2 Å². The maximum Gasteiger partial charge on any atom is 0.416 e. The van der Waals surface area contributed by atoms with Crippen LogP contribution in [0.5, 0.6) is 5.75 Å². The Morgan fingerprint density at radius 2 is 1.87 bits per heavy atom. The molecule has 0 amide bonds. The first kappa shape index (κ1) is 20.7. The van der Waals surface area contributed by atoms with Crippen molar-refractivity contribution in [1.82, 2.24) is 14.5 Å². The Labute approximate surface area is 171 Å². The van der Waals surface area contributed by atoms with E-state index in [1.165, 1.54) is 16.8 Å². The maximum absolute atomic E-state index is 12.9. The van der Waals surface area contributed by atoms with Gasteiger partial charge in [0.2, 0.25) is 10.0 Å². The van der Waals surface area contributed by atoms with Crippen LogP contribution in [0.4, 0.5) is 13.2 Å². The van der Waals surface area contributed by atoms with E-state index in [2.05, 4.69) is 9.82 Å². The minimum Gasteiger partial charge on any atom is -0.493 e. The fourth-order valence-corrected chi connectivity index (χ4v) is 3.47. The number of hydrogen-bond donors (Lipinski definition) is 1. The average Bonchev–Trinajstić information content (AvgIpc) is 3.43. The van der Waals surface area contributed by atoms with E-state index < -0.39 is 21.8 Å². The van der Waals surface area contributed by atoms with Gasteiger partial charge in [-0.3, -0.25) is 0 Å². The van der Waals surface area contributed by atoms with E-state index in [1.807, 2.05) is 0 Å². The molecule has 10 heteroatoms. The summed E-state index contributed by atoms with van der Waals surface area (Å²) in [5.41, 5.74) is 0.772. The summed E-state index contributed by atoms with van der Waals surface area (Å²) in [7, 11) is -3.45. The van der Waals surface area contributed by atoms with Crippen molar-refractivity contribution >= 4 is 20.9 Å². The summed E-state index contributed by atoms with van der Waals surface area (Å²) in [6.07, 6.45) is -1.08. The number of aromatic nitrogens is 2. The highest BCUT2D eigenvalue weighted by molar-refractivity contribution is 7.88. The van der Waals surface area contributed by atoms with Gasteiger partial charge >= 0.3 is 6.18 Å².